The van der Waals surface area contributed by atoms with Gasteiger partial charge in [0.25, 0.3) is 15.9 Å². The van der Waals surface area contributed by atoms with Crippen LogP contribution in [0, 0.1) is 6.92 Å². The zero-order chi connectivity index (χ0) is 19.5. The molecular formula is C18H21ClN2O4S. The smallest absolute Gasteiger partial charge is 0.266 e. The number of hydrogen-bond donors (Lipinski definition) is 0. The predicted octanol–water partition coefficient (Wildman–Crippen LogP) is 3.50. The van der Waals surface area contributed by atoms with Gasteiger partial charge in [0.05, 0.1) is 12.1 Å². The standard InChI is InChI=1S/C18H21ClN2O4S/c1-5-21(16-9-7-6-8-13(16)2)18(22)14-10-11-15(19)17(12-14)26(23,24)20(3)25-4/h6-12H,5H2,1-4H3. The van der Waals surface area contributed by atoms with Gasteiger partial charge in [-0.05, 0) is 43.7 Å². The molecule has 1 amide bonds. The first-order valence-corrected chi connectivity index (χ1v) is 9.76. The van der Waals surface area contributed by atoms with Crippen LogP contribution in [0.2, 0.25) is 5.02 Å². The third-order valence-corrected chi connectivity index (χ3v) is 6.18. The van der Waals surface area contributed by atoms with Crippen molar-refractivity contribution in [2.24, 2.45) is 0 Å². The van der Waals surface area contributed by atoms with E-state index in [1.54, 1.807) is 4.90 Å². The van der Waals surface area contributed by atoms with Crippen LogP contribution in [0.25, 0.3) is 0 Å². The molecule has 0 saturated carbocycles. The first kappa shape index (κ1) is 20.4. The van der Waals surface area contributed by atoms with Crippen LogP contribution in [-0.4, -0.2) is 39.5 Å². The Labute approximate surface area is 158 Å². The van der Waals surface area contributed by atoms with Crippen LogP contribution < -0.4 is 4.90 Å². The summed E-state index contributed by atoms with van der Waals surface area (Å²) < 4.78 is 25.7. The second-order valence-corrected chi connectivity index (χ2v) is 7.89. The highest BCUT2D eigenvalue weighted by atomic mass is 35.5. The molecule has 0 radical (unpaired) electrons. The average molecular weight is 397 g/mol. The first-order chi connectivity index (χ1) is 12.2. The van der Waals surface area contributed by atoms with Gasteiger partial charge in [-0.15, -0.1) is 0 Å². The van der Waals surface area contributed by atoms with E-state index in [9.17, 15) is 13.2 Å². The van der Waals surface area contributed by atoms with Crippen molar-refractivity contribution in [3.63, 3.8) is 0 Å². The molecule has 140 valence electrons. The molecule has 0 fully saturated rings. The number of aryl methyl sites for hydroxylation is 1. The highest BCUT2D eigenvalue weighted by molar-refractivity contribution is 7.89. The number of carbonyl (C=O) groups is 1. The average Bonchev–Trinajstić information content (AvgIpc) is 2.63. The number of sulfonamides is 1. The van der Waals surface area contributed by atoms with Crippen LogP contribution >= 0.6 is 11.6 Å². The summed E-state index contributed by atoms with van der Waals surface area (Å²) in [4.78, 5) is 19.2. The lowest BCUT2D eigenvalue weighted by molar-refractivity contribution is -0.0258. The molecule has 0 aliphatic heterocycles. The van der Waals surface area contributed by atoms with Crippen molar-refractivity contribution >= 4 is 33.2 Å². The molecule has 0 aromatic heterocycles. The van der Waals surface area contributed by atoms with Gasteiger partial charge in [0.1, 0.15) is 4.90 Å². The number of benzene rings is 2. The molecule has 0 aliphatic rings. The van der Waals surface area contributed by atoms with Gasteiger partial charge in [0.2, 0.25) is 0 Å². The topological polar surface area (TPSA) is 66.9 Å². The Bertz CT molecular complexity index is 915. The third kappa shape index (κ3) is 3.91. The number of hydroxylamine groups is 1. The summed E-state index contributed by atoms with van der Waals surface area (Å²) in [5.74, 6) is -0.310. The molecule has 2 rings (SSSR count). The zero-order valence-corrected chi connectivity index (χ0v) is 16.6. The van der Waals surface area contributed by atoms with Crippen LogP contribution in [0.1, 0.15) is 22.8 Å². The van der Waals surface area contributed by atoms with E-state index in [1.807, 2.05) is 38.1 Å². The number of halogens is 1. The van der Waals surface area contributed by atoms with Crippen LogP contribution in [0.5, 0.6) is 0 Å². The number of amides is 1. The van der Waals surface area contributed by atoms with E-state index >= 15 is 0 Å². The Morgan fingerprint density at radius 3 is 2.42 bits per heavy atom. The van der Waals surface area contributed by atoms with E-state index in [-0.39, 0.29) is 21.4 Å². The van der Waals surface area contributed by atoms with Gasteiger partial charge in [-0.3, -0.25) is 9.63 Å². The lowest BCUT2D eigenvalue weighted by Crippen LogP contribution is -2.32. The SMILES string of the molecule is CCN(C(=O)c1ccc(Cl)c(S(=O)(=O)N(C)OC)c1)c1ccccc1C. The van der Waals surface area contributed by atoms with E-state index < -0.39 is 10.0 Å². The van der Waals surface area contributed by atoms with Crippen molar-refractivity contribution in [2.45, 2.75) is 18.7 Å². The molecule has 0 aliphatic carbocycles. The Morgan fingerprint density at radius 2 is 1.85 bits per heavy atom. The van der Waals surface area contributed by atoms with E-state index in [1.165, 1.54) is 32.4 Å². The van der Waals surface area contributed by atoms with Crippen LogP contribution in [-0.2, 0) is 14.9 Å². The van der Waals surface area contributed by atoms with Gasteiger partial charge in [0, 0.05) is 24.8 Å². The maximum Gasteiger partial charge on any atom is 0.266 e. The molecule has 8 heteroatoms. The van der Waals surface area contributed by atoms with Crippen molar-refractivity contribution in [1.29, 1.82) is 0 Å². The summed E-state index contributed by atoms with van der Waals surface area (Å²) in [5.41, 5.74) is 1.94. The third-order valence-electron chi connectivity index (χ3n) is 4.02. The summed E-state index contributed by atoms with van der Waals surface area (Å²) in [6, 6.07) is 11.7. The molecule has 2 aromatic carbocycles. The Balaban J connectivity index is 2.50. The number of nitrogens with zero attached hydrogens (tertiary/aromatic N) is 2. The Morgan fingerprint density at radius 1 is 1.19 bits per heavy atom. The Hall–Kier alpha value is -1.93. The summed E-state index contributed by atoms with van der Waals surface area (Å²) in [6.07, 6.45) is 0. The van der Waals surface area contributed by atoms with Gasteiger partial charge in [-0.2, -0.15) is 0 Å². The zero-order valence-electron chi connectivity index (χ0n) is 15.1. The van der Waals surface area contributed by atoms with Crippen LogP contribution in [0.15, 0.2) is 47.4 Å². The van der Waals surface area contributed by atoms with Gasteiger partial charge >= 0.3 is 0 Å². The number of anilines is 1. The summed E-state index contributed by atoms with van der Waals surface area (Å²) in [7, 11) is -1.48. The minimum atomic E-state index is -3.97. The molecule has 26 heavy (non-hydrogen) atoms. The van der Waals surface area contributed by atoms with Gasteiger partial charge in [0.15, 0.2) is 0 Å². The van der Waals surface area contributed by atoms with E-state index in [4.69, 9.17) is 16.4 Å². The molecule has 0 atom stereocenters. The maximum atomic E-state index is 13.0. The number of rotatable bonds is 6. The monoisotopic (exact) mass is 396 g/mol. The fraction of sp³-hybridized carbons (Fsp3) is 0.278. The van der Waals surface area contributed by atoms with Crippen molar-refractivity contribution in [3.8, 4) is 0 Å². The predicted molar refractivity (Wildman–Crippen MR) is 102 cm³/mol. The molecule has 0 N–H and O–H groups in total. The minimum Gasteiger partial charge on any atom is -0.308 e. The summed E-state index contributed by atoms with van der Waals surface area (Å²) >= 11 is 6.06. The largest absolute Gasteiger partial charge is 0.308 e. The molecule has 0 heterocycles. The summed E-state index contributed by atoms with van der Waals surface area (Å²) in [5, 5.41) is 0.0180. The number of hydrogen-bond acceptors (Lipinski definition) is 4. The molecule has 0 spiro atoms. The maximum absolute atomic E-state index is 13.0. The molecule has 0 unspecified atom stereocenters. The van der Waals surface area contributed by atoms with E-state index in [0.29, 0.717) is 11.0 Å². The highest BCUT2D eigenvalue weighted by Gasteiger charge is 2.26. The van der Waals surface area contributed by atoms with Crippen molar-refractivity contribution in [3.05, 3.63) is 58.6 Å². The highest BCUT2D eigenvalue weighted by Crippen LogP contribution is 2.27. The van der Waals surface area contributed by atoms with Crippen molar-refractivity contribution in [2.75, 3.05) is 25.6 Å². The van der Waals surface area contributed by atoms with Gasteiger partial charge < -0.3 is 4.90 Å². The van der Waals surface area contributed by atoms with Crippen molar-refractivity contribution < 1.29 is 18.0 Å². The summed E-state index contributed by atoms with van der Waals surface area (Å²) in [6.45, 7) is 4.21. The van der Waals surface area contributed by atoms with Gasteiger partial charge in [-0.25, -0.2) is 8.42 Å². The lowest BCUT2D eigenvalue weighted by atomic mass is 10.1. The number of carbonyl (C=O) groups excluding carboxylic acids is 1. The van der Waals surface area contributed by atoms with Crippen LogP contribution in [0.3, 0.4) is 0 Å². The lowest BCUT2D eigenvalue weighted by Gasteiger charge is -2.23. The molecular weight excluding hydrogens is 376 g/mol. The van der Waals surface area contributed by atoms with E-state index in [0.717, 1.165) is 11.3 Å². The number of para-hydroxylation sites is 1. The van der Waals surface area contributed by atoms with Gasteiger partial charge in [-0.1, -0.05) is 34.3 Å². The Kier molecular flexibility index (Phi) is 6.41. The quantitative estimate of drug-likeness (QED) is 0.701. The fourth-order valence-electron chi connectivity index (χ4n) is 2.52. The van der Waals surface area contributed by atoms with Crippen molar-refractivity contribution in [1.82, 2.24) is 4.47 Å². The molecule has 0 bridgehead atoms. The molecule has 6 nitrogen and oxygen atoms in total. The van der Waals surface area contributed by atoms with E-state index in [2.05, 4.69) is 0 Å². The normalized spacial score (nSPS) is 11.6. The second-order valence-electron chi connectivity index (χ2n) is 5.58. The minimum absolute atomic E-state index is 0.0180. The van der Waals surface area contributed by atoms with Crippen LogP contribution in [0.4, 0.5) is 5.69 Å². The first-order valence-electron chi connectivity index (χ1n) is 7.94. The second kappa shape index (κ2) is 8.18. The fourth-order valence-corrected chi connectivity index (χ4v) is 3.99. The molecule has 0 saturated heterocycles. The molecule has 2 aromatic rings.